The van der Waals surface area contributed by atoms with Gasteiger partial charge >= 0.3 is 0 Å². The van der Waals surface area contributed by atoms with Gasteiger partial charge in [-0.15, -0.1) is 0 Å². The summed E-state index contributed by atoms with van der Waals surface area (Å²) in [6.45, 7) is 9.74. The van der Waals surface area contributed by atoms with E-state index in [1.165, 1.54) is 58.3 Å². The van der Waals surface area contributed by atoms with Crippen LogP contribution < -0.4 is 0 Å². The summed E-state index contributed by atoms with van der Waals surface area (Å²) < 4.78 is 5.50. The van der Waals surface area contributed by atoms with Gasteiger partial charge in [0.05, 0.1) is 0 Å². The van der Waals surface area contributed by atoms with Gasteiger partial charge in [-0.1, -0.05) is 0 Å². The van der Waals surface area contributed by atoms with Gasteiger partial charge < -0.3 is 4.74 Å². The van der Waals surface area contributed by atoms with Gasteiger partial charge in [0, 0.05) is 31.8 Å². The van der Waals surface area contributed by atoms with E-state index in [9.17, 15) is 0 Å². The Morgan fingerprint density at radius 3 is 2.61 bits per heavy atom. The Kier molecular flexibility index (Phi) is 4.22. The smallest absolute Gasteiger partial charge is 0.0469 e. The number of hydrogen-bond donors (Lipinski definition) is 0. The van der Waals surface area contributed by atoms with Gasteiger partial charge in [-0.25, -0.2) is 0 Å². The Bertz CT molecular complexity index is 265. The first-order valence-electron chi connectivity index (χ1n) is 7.90. The fourth-order valence-electron chi connectivity index (χ4n) is 4.10. The van der Waals surface area contributed by atoms with Gasteiger partial charge in [0.2, 0.25) is 0 Å². The van der Waals surface area contributed by atoms with Crippen LogP contribution in [0.3, 0.4) is 0 Å². The third-order valence-corrected chi connectivity index (χ3v) is 5.36. The van der Waals surface area contributed by atoms with Gasteiger partial charge in [0.25, 0.3) is 0 Å². The molecule has 18 heavy (non-hydrogen) atoms. The topological polar surface area (TPSA) is 15.7 Å². The minimum Gasteiger partial charge on any atom is -0.381 e. The highest BCUT2D eigenvalue weighted by Crippen LogP contribution is 2.27. The molecule has 2 unspecified atom stereocenters. The van der Waals surface area contributed by atoms with E-state index in [2.05, 4.69) is 16.7 Å². The fourth-order valence-corrected chi connectivity index (χ4v) is 4.10. The first-order chi connectivity index (χ1) is 8.84. The summed E-state index contributed by atoms with van der Waals surface area (Å²) in [7, 11) is 0. The predicted octanol–water partition coefficient (Wildman–Crippen LogP) is 1.97. The Balaban J connectivity index is 1.59. The van der Waals surface area contributed by atoms with Gasteiger partial charge in [0.15, 0.2) is 0 Å². The molecule has 3 rings (SSSR count). The van der Waals surface area contributed by atoms with E-state index in [0.717, 1.165) is 31.2 Å². The molecule has 3 aliphatic heterocycles. The zero-order valence-electron chi connectivity index (χ0n) is 11.8. The minimum atomic E-state index is 0.759. The summed E-state index contributed by atoms with van der Waals surface area (Å²) in [5.74, 6) is 0.867. The average Bonchev–Trinajstić information content (AvgIpc) is 2.76. The molecule has 3 nitrogen and oxygen atoms in total. The molecule has 0 radical (unpaired) electrons. The molecule has 0 N–H and O–H groups in total. The van der Waals surface area contributed by atoms with Crippen molar-refractivity contribution in [3.05, 3.63) is 0 Å². The van der Waals surface area contributed by atoms with Crippen LogP contribution >= 0.6 is 0 Å². The second-order valence-electron chi connectivity index (χ2n) is 6.37. The summed E-state index contributed by atoms with van der Waals surface area (Å²) in [6.07, 6.45) is 6.75. The highest BCUT2D eigenvalue weighted by atomic mass is 16.5. The molecule has 0 aromatic rings. The summed E-state index contributed by atoms with van der Waals surface area (Å²) >= 11 is 0. The number of hydrogen-bond acceptors (Lipinski definition) is 3. The predicted molar refractivity (Wildman–Crippen MR) is 73.8 cm³/mol. The quantitative estimate of drug-likeness (QED) is 0.747. The lowest BCUT2D eigenvalue weighted by Gasteiger charge is -2.37. The van der Waals surface area contributed by atoms with Crippen molar-refractivity contribution in [3.63, 3.8) is 0 Å². The average molecular weight is 252 g/mol. The minimum absolute atomic E-state index is 0.759. The van der Waals surface area contributed by atoms with Gasteiger partial charge in [-0.2, -0.15) is 0 Å². The highest BCUT2D eigenvalue weighted by Gasteiger charge is 2.32. The summed E-state index contributed by atoms with van der Waals surface area (Å²) in [5, 5.41) is 0. The normalized spacial score (nSPS) is 34.2. The van der Waals surface area contributed by atoms with Crippen molar-refractivity contribution in [2.75, 3.05) is 39.4 Å². The third kappa shape index (κ3) is 2.73. The van der Waals surface area contributed by atoms with Crippen molar-refractivity contribution >= 4 is 0 Å². The first-order valence-corrected chi connectivity index (χ1v) is 7.90. The molecule has 3 heteroatoms. The zero-order valence-corrected chi connectivity index (χ0v) is 11.8. The third-order valence-electron chi connectivity index (χ3n) is 5.36. The molecule has 0 aliphatic carbocycles. The number of ether oxygens (including phenoxy) is 1. The van der Waals surface area contributed by atoms with E-state index in [4.69, 9.17) is 4.74 Å². The molecule has 0 aromatic carbocycles. The van der Waals surface area contributed by atoms with Crippen LogP contribution in [0, 0.1) is 5.92 Å². The number of rotatable bonds is 2. The highest BCUT2D eigenvalue weighted by molar-refractivity contribution is 4.88. The largest absolute Gasteiger partial charge is 0.381 e. The molecule has 3 fully saturated rings. The van der Waals surface area contributed by atoms with E-state index in [1.807, 2.05) is 0 Å². The SMILES string of the molecule is CC(C1CCOCC1)N1CCCN2CCCC2C1. The molecular formula is C15H28N2O. The summed E-state index contributed by atoms with van der Waals surface area (Å²) in [4.78, 5) is 5.52. The second-order valence-corrected chi connectivity index (χ2v) is 6.37. The maximum Gasteiger partial charge on any atom is 0.0469 e. The van der Waals surface area contributed by atoms with Crippen LogP contribution in [0.2, 0.25) is 0 Å². The van der Waals surface area contributed by atoms with E-state index in [-0.39, 0.29) is 0 Å². The molecule has 3 saturated heterocycles. The molecule has 104 valence electrons. The molecule has 3 heterocycles. The van der Waals surface area contributed by atoms with Crippen LogP contribution in [-0.2, 0) is 4.74 Å². The van der Waals surface area contributed by atoms with Crippen molar-refractivity contribution in [1.82, 2.24) is 9.80 Å². The van der Waals surface area contributed by atoms with Gasteiger partial charge in [-0.3, -0.25) is 9.80 Å². The van der Waals surface area contributed by atoms with Crippen molar-refractivity contribution < 1.29 is 4.74 Å². The lowest BCUT2D eigenvalue weighted by atomic mass is 9.91. The molecule has 0 saturated carbocycles. The van der Waals surface area contributed by atoms with E-state index >= 15 is 0 Å². The zero-order chi connectivity index (χ0) is 12.4. The molecule has 0 aromatic heterocycles. The lowest BCUT2D eigenvalue weighted by molar-refractivity contribution is 0.0286. The molecule has 0 amide bonds. The van der Waals surface area contributed by atoms with Crippen LogP contribution in [0.4, 0.5) is 0 Å². The Morgan fingerprint density at radius 1 is 1.00 bits per heavy atom. The fraction of sp³-hybridized carbons (Fsp3) is 1.00. The summed E-state index contributed by atoms with van der Waals surface area (Å²) in [5.41, 5.74) is 0. The van der Waals surface area contributed by atoms with Crippen molar-refractivity contribution in [1.29, 1.82) is 0 Å². The maximum absolute atomic E-state index is 5.50. The number of fused-ring (bicyclic) bond motifs is 1. The second kappa shape index (κ2) is 5.89. The molecular weight excluding hydrogens is 224 g/mol. The van der Waals surface area contributed by atoms with Crippen molar-refractivity contribution in [2.45, 2.75) is 51.1 Å². The van der Waals surface area contributed by atoms with E-state index < -0.39 is 0 Å². The Labute approximate surface area is 111 Å². The van der Waals surface area contributed by atoms with Crippen LogP contribution in [0.1, 0.15) is 39.0 Å². The Morgan fingerprint density at radius 2 is 1.78 bits per heavy atom. The number of nitrogens with zero attached hydrogens (tertiary/aromatic N) is 2. The Hall–Kier alpha value is -0.120. The first kappa shape index (κ1) is 12.9. The van der Waals surface area contributed by atoms with Crippen LogP contribution in [0.15, 0.2) is 0 Å². The van der Waals surface area contributed by atoms with E-state index in [0.29, 0.717) is 0 Å². The lowest BCUT2D eigenvalue weighted by Crippen LogP contribution is -2.45. The monoisotopic (exact) mass is 252 g/mol. The maximum atomic E-state index is 5.50. The molecule has 2 atom stereocenters. The van der Waals surface area contributed by atoms with Crippen molar-refractivity contribution in [2.24, 2.45) is 5.92 Å². The molecule has 3 aliphatic rings. The van der Waals surface area contributed by atoms with Crippen LogP contribution in [0.25, 0.3) is 0 Å². The van der Waals surface area contributed by atoms with Crippen LogP contribution in [-0.4, -0.2) is 61.3 Å². The standard InChI is InChI=1S/C15H28N2O/c1-13(14-5-10-18-11-6-14)17-9-3-8-16-7-2-4-15(16)12-17/h13-15H,2-12H2,1H3. The molecule has 0 bridgehead atoms. The van der Waals surface area contributed by atoms with E-state index in [1.54, 1.807) is 0 Å². The van der Waals surface area contributed by atoms with Gasteiger partial charge in [0.1, 0.15) is 0 Å². The van der Waals surface area contributed by atoms with Crippen molar-refractivity contribution in [3.8, 4) is 0 Å². The van der Waals surface area contributed by atoms with Crippen LogP contribution in [0.5, 0.6) is 0 Å². The molecule has 0 spiro atoms. The summed E-state index contributed by atoms with van der Waals surface area (Å²) in [6, 6.07) is 1.62. The van der Waals surface area contributed by atoms with Gasteiger partial charge in [-0.05, 0) is 64.6 Å².